The van der Waals surface area contributed by atoms with Crippen molar-refractivity contribution in [1.29, 1.82) is 0 Å². The van der Waals surface area contributed by atoms with Crippen LogP contribution in [0.1, 0.15) is 30.6 Å². The molecule has 1 aromatic rings. The Balaban J connectivity index is 0.000000675. The molecule has 0 aromatic heterocycles. The predicted octanol–water partition coefficient (Wildman–Crippen LogP) is 2.70. The third-order valence-corrected chi connectivity index (χ3v) is 6.88. The average Bonchev–Trinajstić information content (AvgIpc) is 2.74. The second-order valence-corrected chi connectivity index (χ2v) is 10.2. The highest BCUT2D eigenvalue weighted by molar-refractivity contribution is 7.89. The Morgan fingerprint density at radius 1 is 1.18 bits per heavy atom. The van der Waals surface area contributed by atoms with Gasteiger partial charge in [0.15, 0.2) is 0 Å². The van der Waals surface area contributed by atoms with E-state index in [-0.39, 0.29) is 18.2 Å². The first kappa shape index (κ1) is 29.1. The van der Waals surface area contributed by atoms with Gasteiger partial charge < -0.3 is 15.3 Å². The first-order chi connectivity index (χ1) is 15.3. The molecule has 2 rings (SSSR count). The molecule has 1 aliphatic rings. The van der Waals surface area contributed by atoms with Crippen LogP contribution in [0, 0.1) is 5.92 Å². The van der Waals surface area contributed by atoms with Crippen LogP contribution < -0.4 is 5.32 Å². The van der Waals surface area contributed by atoms with Crippen molar-refractivity contribution in [2.24, 2.45) is 5.92 Å². The number of rotatable bonds is 8. The quantitative estimate of drug-likeness (QED) is 0.551. The van der Waals surface area contributed by atoms with Gasteiger partial charge in [0.05, 0.1) is 16.3 Å². The summed E-state index contributed by atoms with van der Waals surface area (Å²) in [6, 6.07) is 6.88. The molecule has 0 saturated carbocycles. The third-order valence-electron chi connectivity index (χ3n) is 4.70. The van der Waals surface area contributed by atoms with Crippen molar-refractivity contribution < 1.29 is 36.3 Å². The molecule has 0 atom stereocenters. The lowest BCUT2D eigenvalue weighted by Gasteiger charge is -2.29. The van der Waals surface area contributed by atoms with Crippen LogP contribution in [0.5, 0.6) is 0 Å². The standard InChI is InChI=1S/C18H28ClN3O3S.C2HF3O2/c1-15(2)7-10-21(18(23)16-5-3-4-6-17(16)19)13-14-26(24,25)22-11-8-20-9-12-22;3-2(4,5)1(6)7/h3-6,15,20H,7-14H2,1-2H3;(H,6,7). The molecule has 8 nitrogen and oxygen atoms in total. The van der Waals surface area contributed by atoms with Crippen molar-refractivity contribution in [3.63, 3.8) is 0 Å². The summed E-state index contributed by atoms with van der Waals surface area (Å²) in [5, 5.41) is 10.7. The number of nitrogens with one attached hydrogen (secondary N) is 1. The second kappa shape index (κ2) is 13.1. The molecule has 0 unspecified atom stereocenters. The Labute approximate surface area is 196 Å². The number of alkyl halides is 3. The number of halogens is 4. The molecule has 13 heteroatoms. The number of piperazine rings is 1. The monoisotopic (exact) mass is 515 g/mol. The highest BCUT2D eigenvalue weighted by Gasteiger charge is 2.38. The lowest BCUT2D eigenvalue weighted by Crippen LogP contribution is -2.48. The number of carboxylic acids is 1. The molecule has 33 heavy (non-hydrogen) atoms. The maximum atomic E-state index is 12.9. The molecule has 1 fully saturated rings. The van der Waals surface area contributed by atoms with E-state index in [0.29, 0.717) is 49.2 Å². The lowest BCUT2D eigenvalue weighted by atomic mass is 10.1. The van der Waals surface area contributed by atoms with Crippen LogP contribution in [0.4, 0.5) is 13.2 Å². The summed E-state index contributed by atoms with van der Waals surface area (Å²) >= 11 is 6.16. The number of hydrogen-bond donors (Lipinski definition) is 2. The number of aliphatic carboxylic acids is 1. The fourth-order valence-corrected chi connectivity index (χ4v) is 4.48. The zero-order chi connectivity index (χ0) is 25.2. The van der Waals surface area contributed by atoms with E-state index in [4.69, 9.17) is 21.5 Å². The molecular formula is C20H29ClF3N3O5S. The highest BCUT2D eigenvalue weighted by atomic mass is 35.5. The van der Waals surface area contributed by atoms with E-state index in [1.807, 2.05) is 0 Å². The largest absolute Gasteiger partial charge is 0.490 e. The smallest absolute Gasteiger partial charge is 0.475 e. The summed E-state index contributed by atoms with van der Waals surface area (Å²) in [7, 11) is -3.38. The molecule has 1 aromatic carbocycles. The van der Waals surface area contributed by atoms with Gasteiger partial charge in [-0.05, 0) is 24.5 Å². The third kappa shape index (κ3) is 10.3. The topological polar surface area (TPSA) is 107 Å². The number of sulfonamides is 1. The normalized spacial score (nSPS) is 15.0. The van der Waals surface area contributed by atoms with Crippen molar-refractivity contribution in [2.45, 2.75) is 26.4 Å². The Morgan fingerprint density at radius 3 is 2.21 bits per heavy atom. The first-order valence-electron chi connectivity index (χ1n) is 10.3. The van der Waals surface area contributed by atoms with Gasteiger partial charge in [-0.2, -0.15) is 17.5 Å². The van der Waals surface area contributed by atoms with Gasteiger partial charge >= 0.3 is 12.1 Å². The molecule has 1 amide bonds. The molecule has 1 saturated heterocycles. The number of carboxylic acid groups (broad SMARTS) is 1. The van der Waals surface area contributed by atoms with Gasteiger partial charge in [-0.25, -0.2) is 13.2 Å². The SMILES string of the molecule is CC(C)CCN(CCS(=O)(=O)N1CCNCC1)C(=O)c1ccccc1Cl.O=C(O)C(F)(F)F. The summed E-state index contributed by atoms with van der Waals surface area (Å²) in [4.78, 5) is 23.4. The van der Waals surface area contributed by atoms with Gasteiger partial charge in [0.25, 0.3) is 5.91 Å². The Morgan fingerprint density at radius 2 is 1.73 bits per heavy atom. The lowest BCUT2D eigenvalue weighted by molar-refractivity contribution is -0.192. The average molecular weight is 516 g/mol. The van der Waals surface area contributed by atoms with Crippen LogP contribution in [-0.4, -0.2) is 85.8 Å². The van der Waals surface area contributed by atoms with Crippen LogP contribution in [0.25, 0.3) is 0 Å². The van der Waals surface area contributed by atoms with Crippen molar-refractivity contribution in [1.82, 2.24) is 14.5 Å². The molecule has 0 aliphatic carbocycles. The van der Waals surface area contributed by atoms with Gasteiger partial charge in [0, 0.05) is 39.3 Å². The summed E-state index contributed by atoms with van der Waals surface area (Å²) in [5.74, 6) is -2.62. The molecule has 2 N–H and O–H groups in total. The molecule has 0 radical (unpaired) electrons. The number of carbonyl (C=O) groups is 2. The number of benzene rings is 1. The van der Waals surface area contributed by atoms with E-state index < -0.39 is 22.2 Å². The maximum Gasteiger partial charge on any atom is 0.490 e. The van der Waals surface area contributed by atoms with E-state index >= 15 is 0 Å². The fourth-order valence-electron chi connectivity index (χ4n) is 2.81. The van der Waals surface area contributed by atoms with E-state index in [0.717, 1.165) is 6.42 Å². The molecule has 0 spiro atoms. The van der Waals surface area contributed by atoms with E-state index in [9.17, 15) is 26.4 Å². The van der Waals surface area contributed by atoms with Crippen LogP contribution in [0.2, 0.25) is 5.02 Å². The first-order valence-corrected chi connectivity index (χ1v) is 12.3. The van der Waals surface area contributed by atoms with Crippen molar-refractivity contribution in [3.8, 4) is 0 Å². The van der Waals surface area contributed by atoms with Gasteiger partial charge in [-0.15, -0.1) is 0 Å². The minimum Gasteiger partial charge on any atom is -0.475 e. The van der Waals surface area contributed by atoms with E-state index in [2.05, 4.69) is 19.2 Å². The Kier molecular flexibility index (Phi) is 11.6. The van der Waals surface area contributed by atoms with Gasteiger partial charge in [0.1, 0.15) is 0 Å². The predicted molar refractivity (Wildman–Crippen MR) is 119 cm³/mol. The van der Waals surface area contributed by atoms with Crippen molar-refractivity contribution in [3.05, 3.63) is 34.9 Å². The molecule has 0 bridgehead atoms. The van der Waals surface area contributed by atoms with Crippen molar-refractivity contribution in [2.75, 3.05) is 45.0 Å². The van der Waals surface area contributed by atoms with Crippen molar-refractivity contribution >= 4 is 33.5 Å². The number of amides is 1. The summed E-state index contributed by atoms with van der Waals surface area (Å²) in [6.45, 7) is 7.12. The van der Waals surface area contributed by atoms with Gasteiger partial charge in [-0.3, -0.25) is 4.79 Å². The molecule has 188 valence electrons. The van der Waals surface area contributed by atoms with Crippen LogP contribution in [-0.2, 0) is 14.8 Å². The summed E-state index contributed by atoms with van der Waals surface area (Å²) < 4.78 is 58.4. The van der Waals surface area contributed by atoms with Crippen LogP contribution in [0.3, 0.4) is 0 Å². The molecular weight excluding hydrogens is 487 g/mol. The zero-order valence-electron chi connectivity index (χ0n) is 18.4. The number of hydrogen-bond acceptors (Lipinski definition) is 5. The maximum absolute atomic E-state index is 12.9. The van der Waals surface area contributed by atoms with Crippen LogP contribution >= 0.6 is 11.6 Å². The minimum absolute atomic E-state index is 0.0682. The van der Waals surface area contributed by atoms with E-state index in [1.165, 1.54) is 4.31 Å². The number of nitrogens with zero attached hydrogens (tertiary/aromatic N) is 2. The summed E-state index contributed by atoms with van der Waals surface area (Å²) in [5.41, 5.74) is 0.414. The zero-order valence-corrected chi connectivity index (χ0v) is 20.0. The highest BCUT2D eigenvalue weighted by Crippen LogP contribution is 2.18. The minimum atomic E-state index is -5.08. The van der Waals surface area contributed by atoms with Gasteiger partial charge in [-0.1, -0.05) is 37.6 Å². The number of carbonyl (C=O) groups excluding carboxylic acids is 1. The second-order valence-electron chi connectivity index (χ2n) is 7.72. The Bertz CT molecular complexity index is 891. The molecule has 1 aliphatic heterocycles. The molecule has 1 heterocycles. The van der Waals surface area contributed by atoms with Crippen LogP contribution in [0.15, 0.2) is 24.3 Å². The fraction of sp³-hybridized carbons (Fsp3) is 0.600. The van der Waals surface area contributed by atoms with E-state index in [1.54, 1.807) is 29.2 Å². The summed E-state index contributed by atoms with van der Waals surface area (Å²) in [6.07, 6.45) is -4.27. The Hall–Kier alpha value is -1.89. The van der Waals surface area contributed by atoms with Gasteiger partial charge in [0.2, 0.25) is 10.0 Å².